The van der Waals surface area contributed by atoms with E-state index < -0.39 is 5.54 Å². The van der Waals surface area contributed by atoms with Gasteiger partial charge in [-0.15, -0.1) is 24.0 Å². The minimum Gasteiger partial charge on any atom is -0.357 e. The summed E-state index contributed by atoms with van der Waals surface area (Å²) >= 11 is 0. The molecule has 0 bridgehead atoms. The second-order valence-corrected chi connectivity index (χ2v) is 8.78. The van der Waals surface area contributed by atoms with Crippen molar-refractivity contribution in [3.8, 4) is 0 Å². The van der Waals surface area contributed by atoms with Crippen molar-refractivity contribution in [3.63, 3.8) is 0 Å². The molecule has 2 aliphatic heterocycles. The minimum absolute atomic E-state index is 0. The van der Waals surface area contributed by atoms with Crippen LogP contribution in [0.3, 0.4) is 0 Å². The van der Waals surface area contributed by atoms with Crippen molar-refractivity contribution in [2.45, 2.75) is 77.2 Å². The molecular formula is C21H38IN5O2. The van der Waals surface area contributed by atoms with Gasteiger partial charge >= 0.3 is 6.03 Å². The number of guanidine groups is 1. The largest absolute Gasteiger partial charge is 0.357 e. The molecule has 3 amide bonds. The van der Waals surface area contributed by atoms with E-state index in [0.717, 1.165) is 45.0 Å². The lowest BCUT2D eigenvalue weighted by Crippen LogP contribution is -2.55. The summed E-state index contributed by atoms with van der Waals surface area (Å²) in [5, 5.41) is 8.68. The summed E-state index contributed by atoms with van der Waals surface area (Å²) in [7, 11) is 0. The molecule has 0 radical (unpaired) electrons. The number of carbonyl (C=O) groups excluding carboxylic acids is 2. The zero-order valence-corrected chi connectivity index (χ0v) is 20.3. The maximum absolute atomic E-state index is 12.2. The number of urea groups is 1. The Hall–Kier alpha value is -1.06. The standard InChI is InChI=1S/C21H37N5O2.HI/c1-3-22-19(23-15-16-9-7-5-4-6-8-10-16)26-13-11-17(12-14-26)21(2)18(27)24-20(28)25-21;/h16-17H,3-15H2,1-2H3,(H,22,23)(H2,24,25,27,28);1H. The molecule has 3 fully saturated rings. The lowest BCUT2D eigenvalue weighted by molar-refractivity contribution is -0.125. The number of imide groups is 1. The molecule has 1 atom stereocenters. The fourth-order valence-electron chi connectivity index (χ4n) is 4.88. The third kappa shape index (κ3) is 6.21. The van der Waals surface area contributed by atoms with Crippen molar-refractivity contribution in [2.24, 2.45) is 16.8 Å². The Labute approximate surface area is 192 Å². The fraction of sp³-hybridized carbons (Fsp3) is 0.857. The van der Waals surface area contributed by atoms with Crippen LogP contribution in [0.25, 0.3) is 0 Å². The maximum Gasteiger partial charge on any atom is 0.322 e. The van der Waals surface area contributed by atoms with Crippen LogP contribution in [0, 0.1) is 11.8 Å². The monoisotopic (exact) mass is 519 g/mol. The number of nitrogens with one attached hydrogen (secondary N) is 3. The summed E-state index contributed by atoms with van der Waals surface area (Å²) in [6.07, 6.45) is 11.2. The lowest BCUT2D eigenvalue weighted by atomic mass is 9.79. The second-order valence-electron chi connectivity index (χ2n) is 8.78. The van der Waals surface area contributed by atoms with E-state index in [1.165, 1.54) is 44.9 Å². The van der Waals surface area contributed by atoms with E-state index in [9.17, 15) is 9.59 Å². The van der Waals surface area contributed by atoms with E-state index in [2.05, 4.69) is 27.8 Å². The molecule has 3 aliphatic rings. The van der Waals surface area contributed by atoms with Gasteiger partial charge in [-0.1, -0.05) is 32.1 Å². The Balaban J connectivity index is 0.00000300. The zero-order chi connectivity index (χ0) is 20.0. The Morgan fingerprint density at radius 3 is 2.28 bits per heavy atom. The van der Waals surface area contributed by atoms with Gasteiger partial charge in [0.25, 0.3) is 5.91 Å². The van der Waals surface area contributed by atoms with Crippen molar-refractivity contribution in [3.05, 3.63) is 0 Å². The number of nitrogens with zero attached hydrogens (tertiary/aromatic N) is 2. The lowest BCUT2D eigenvalue weighted by Gasteiger charge is -2.39. The SMILES string of the molecule is CCNC(=NCC1CCCCCCC1)N1CCC(C2(C)NC(=O)NC2=O)CC1.I. The molecule has 166 valence electrons. The Bertz CT molecular complexity index is 584. The normalized spacial score (nSPS) is 27.5. The predicted octanol–water partition coefficient (Wildman–Crippen LogP) is 3.24. The molecule has 29 heavy (non-hydrogen) atoms. The molecule has 1 saturated carbocycles. The molecule has 1 aliphatic carbocycles. The molecule has 3 N–H and O–H groups in total. The summed E-state index contributed by atoms with van der Waals surface area (Å²) < 4.78 is 0. The maximum atomic E-state index is 12.2. The smallest absolute Gasteiger partial charge is 0.322 e. The number of piperidine rings is 1. The third-order valence-corrected chi connectivity index (χ3v) is 6.74. The Morgan fingerprint density at radius 2 is 1.72 bits per heavy atom. The van der Waals surface area contributed by atoms with Gasteiger partial charge in [0.1, 0.15) is 5.54 Å². The van der Waals surface area contributed by atoms with Gasteiger partial charge in [0.2, 0.25) is 0 Å². The van der Waals surface area contributed by atoms with E-state index >= 15 is 0 Å². The molecule has 7 nitrogen and oxygen atoms in total. The number of likely N-dealkylation sites (tertiary alicyclic amines) is 1. The highest BCUT2D eigenvalue weighted by Gasteiger charge is 2.48. The Morgan fingerprint density at radius 1 is 1.10 bits per heavy atom. The molecular weight excluding hydrogens is 481 g/mol. The molecule has 8 heteroatoms. The molecule has 3 rings (SSSR count). The van der Waals surface area contributed by atoms with Gasteiger partial charge < -0.3 is 15.5 Å². The highest BCUT2D eigenvalue weighted by atomic mass is 127. The van der Waals surface area contributed by atoms with E-state index in [1.807, 2.05) is 6.92 Å². The van der Waals surface area contributed by atoms with Gasteiger partial charge in [0, 0.05) is 26.2 Å². The number of aliphatic imine (C=N–C) groups is 1. The summed E-state index contributed by atoms with van der Waals surface area (Å²) in [6, 6.07) is -0.371. The van der Waals surface area contributed by atoms with Crippen LogP contribution in [0.4, 0.5) is 4.79 Å². The van der Waals surface area contributed by atoms with Gasteiger partial charge in [-0.3, -0.25) is 15.1 Å². The molecule has 2 saturated heterocycles. The number of carbonyl (C=O) groups is 2. The molecule has 0 spiro atoms. The van der Waals surface area contributed by atoms with E-state index in [1.54, 1.807) is 0 Å². The van der Waals surface area contributed by atoms with E-state index in [4.69, 9.17) is 4.99 Å². The number of halogens is 1. The first kappa shape index (κ1) is 24.2. The number of hydrogen-bond donors (Lipinski definition) is 3. The topological polar surface area (TPSA) is 85.8 Å². The summed E-state index contributed by atoms with van der Waals surface area (Å²) in [5.41, 5.74) is -0.780. The van der Waals surface area contributed by atoms with Crippen molar-refractivity contribution in [2.75, 3.05) is 26.2 Å². The van der Waals surface area contributed by atoms with Crippen molar-refractivity contribution in [1.82, 2.24) is 20.9 Å². The summed E-state index contributed by atoms with van der Waals surface area (Å²) in [5.74, 6) is 1.68. The quantitative estimate of drug-likeness (QED) is 0.231. The molecule has 0 aromatic heterocycles. The van der Waals surface area contributed by atoms with Gasteiger partial charge in [-0.05, 0) is 51.4 Å². The van der Waals surface area contributed by atoms with Crippen LogP contribution in [0.5, 0.6) is 0 Å². The van der Waals surface area contributed by atoms with Crippen molar-refractivity contribution >= 4 is 41.9 Å². The minimum atomic E-state index is -0.780. The van der Waals surface area contributed by atoms with Gasteiger partial charge in [-0.25, -0.2) is 4.79 Å². The van der Waals surface area contributed by atoms with Crippen LogP contribution in [0.15, 0.2) is 4.99 Å². The van der Waals surface area contributed by atoms with Crippen LogP contribution in [0.2, 0.25) is 0 Å². The van der Waals surface area contributed by atoms with Gasteiger partial charge in [-0.2, -0.15) is 0 Å². The van der Waals surface area contributed by atoms with Crippen LogP contribution >= 0.6 is 24.0 Å². The van der Waals surface area contributed by atoms with Crippen LogP contribution in [-0.2, 0) is 4.79 Å². The number of amides is 3. The van der Waals surface area contributed by atoms with Gasteiger partial charge in [0.15, 0.2) is 5.96 Å². The average molecular weight is 519 g/mol. The van der Waals surface area contributed by atoms with E-state index in [0.29, 0.717) is 5.92 Å². The summed E-state index contributed by atoms with van der Waals surface area (Å²) in [6.45, 7) is 7.46. The third-order valence-electron chi connectivity index (χ3n) is 6.74. The first-order valence-corrected chi connectivity index (χ1v) is 11.2. The van der Waals surface area contributed by atoms with Crippen LogP contribution < -0.4 is 16.0 Å². The highest BCUT2D eigenvalue weighted by molar-refractivity contribution is 14.0. The highest BCUT2D eigenvalue weighted by Crippen LogP contribution is 2.30. The molecule has 0 aromatic carbocycles. The van der Waals surface area contributed by atoms with Crippen molar-refractivity contribution in [1.29, 1.82) is 0 Å². The van der Waals surface area contributed by atoms with Crippen LogP contribution in [0.1, 0.15) is 71.6 Å². The van der Waals surface area contributed by atoms with Crippen molar-refractivity contribution < 1.29 is 9.59 Å². The first-order chi connectivity index (χ1) is 13.5. The molecule has 0 aromatic rings. The number of rotatable bonds is 4. The van der Waals surface area contributed by atoms with Crippen LogP contribution in [-0.4, -0.2) is 54.5 Å². The predicted molar refractivity (Wildman–Crippen MR) is 127 cm³/mol. The molecule has 1 unspecified atom stereocenters. The van der Waals surface area contributed by atoms with Gasteiger partial charge in [0.05, 0.1) is 0 Å². The van der Waals surface area contributed by atoms with E-state index in [-0.39, 0.29) is 41.8 Å². The zero-order valence-electron chi connectivity index (χ0n) is 18.0. The fourth-order valence-corrected chi connectivity index (χ4v) is 4.88. The second kappa shape index (κ2) is 11.4. The molecule has 2 heterocycles. The number of hydrogen-bond acceptors (Lipinski definition) is 3. The Kier molecular flexibility index (Phi) is 9.49. The average Bonchev–Trinajstić information content (AvgIpc) is 2.92. The first-order valence-electron chi connectivity index (χ1n) is 11.2. The summed E-state index contributed by atoms with van der Waals surface area (Å²) in [4.78, 5) is 31.1.